The van der Waals surface area contributed by atoms with Gasteiger partial charge < -0.3 is 11.5 Å². The molecule has 0 aliphatic rings. The highest BCUT2D eigenvalue weighted by atomic mass is 15.4. The fourth-order valence-electron chi connectivity index (χ4n) is 1.34. The Morgan fingerprint density at radius 1 is 1.21 bits per heavy atom. The van der Waals surface area contributed by atoms with Crippen LogP contribution in [-0.2, 0) is 7.05 Å². The van der Waals surface area contributed by atoms with Gasteiger partial charge in [-0.15, -0.1) is 5.10 Å². The average Bonchev–Trinajstić information content (AvgIpc) is 2.46. The van der Waals surface area contributed by atoms with Crippen LogP contribution >= 0.6 is 0 Å². The third kappa shape index (κ3) is 1.28. The molecular formula is C9H11N5. The van der Waals surface area contributed by atoms with E-state index in [0.717, 1.165) is 5.56 Å². The summed E-state index contributed by atoms with van der Waals surface area (Å²) in [5, 5.41) is 3.96. The number of para-hydroxylation sites is 1. The maximum atomic E-state index is 5.81. The second kappa shape index (κ2) is 3.02. The van der Waals surface area contributed by atoms with E-state index in [1.807, 2.05) is 24.3 Å². The van der Waals surface area contributed by atoms with Crippen molar-refractivity contribution >= 4 is 11.6 Å². The Morgan fingerprint density at radius 3 is 2.50 bits per heavy atom. The molecule has 5 heteroatoms. The molecule has 0 aliphatic heterocycles. The first-order chi connectivity index (χ1) is 6.68. The first-order valence-electron chi connectivity index (χ1n) is 4.20. The largest absolute Gasteiger partial charge is 0.398 e. The second-order valence-electron chi connectivity index (χ2n) is 3.00. The van der Waals surface area contributed by atoms with E-state index in [-0.39, 0.29) is 5.95 Å². The Kier molecular flexibility index (Phi) is 1.85. The fourth-order valence-corrected chi connectivity index (χ4v) is 1.34. The average molecular weight is 189 g/mol. The Balaban J connectivity index is 2.60. The van der Waals surface area contributed by atoms with Crippen LogP contribution in [0, 0.1) is 0 Å². The summed E-state index contributed by atoms with van der Waals surface area (Å²) in [5.74, 6) is 0.936. The van der Waals surface area contributed by atoms with Crippen LogP contribution in [0.5, 0.6) is 0 Å². The molecule has 0 aliphatic carbocycles. The SMILES string of the molecule is Cn1nc(N)nc1-c1ccccc1N. The molecule has 0 spiro atoms. The quantitative estimate of drug-likeness (QED) is 0.645. The molecule has 14 heavy (non-hydrogen) atoms. The van der Waals surface area contributed by atoms with Crippen molar-refractivity contribution in [2.45, 2.75) is 0 Å². The number of nitrogens with zero attached hydrogens (tertiary/aromatic N) is 3. The van der Waals surface area contributed by atoms with Crippen LogP contribution in [0.1, 0.15) is 0 Å². The number of benzene rings is 1. The molecule has 4 N–H and O–H groups in total. The summed E-state index contributed by atoms with van der Waals surface area (Å²) < 4.78 is 1.61. The lowest BCUT2D eigenvalue weighted by molar-refractivity contribution is 0.778. The Bertz CT molecular complexity index is 460. The first kappa shape index (κ1) is 8.55. The van der Waals surface area contributed by atoms with E-state index in [9.17, 15) is 0 Å². The van der Waals surface area contributed by atoms with Crippen molar-refractivity contribution in [3.8, 4) is 11.4 Å². The normalized spacial score (nSPS) is 10.4. The van der Waals surface area contributed by atoms with E-state index in [1.54, 1.807) is 11.7 Å². The molecule has 72 valence electrons. The van der Waals surface area contributed by atoms with Crippen LogP contribution in [0.15, 0.2) is 24.3 Å². The van der Waals surface area contributed by atoms with Gasteiger partial charge in [0.25, 0.3) is 0 Å². The van der Waals surface area contributed by atoms with Gasteiger partial charge in [-0.3, -0.25) is 0 Å². The zero-order chi connectivity index (χ0) is 10.1. The minimum atomic E-state index is 0.255. The predicted molar refractivity (Wildman–Crippen MR) is 55.3 cm³/mol. The van der Waals surface area contributed by atoms with Crippen LogP contribution in [0.4, 0.5) is 11.6 Å². The fraction of sp³-hybridized carbons (Fsp3) is 0.111. The molecular weight excluding hydrogens is 178 g/mol. The molecule has 0 atom stereocenters. The highest BCUT2D eigenvalue weighted by molar-refractivity contribution is 5.71. The maximum Gasteiger partial charge on any atom is 0.240 e. The maximum absolute atomic E-state index is 5.81. The number of hydrogen-bond donors (Lipinski definition) is 2. The lowest BCUT2D eigenvalue weighted by atomic mass is 10.2. The molecule has 0 bridgehead atoms. The smallest absolute Gasteiger partial charge is 0.240 e. The van der Waals surface area contributed by atoms with Crippen molar-refractivity contribution in [3.63, 3.8) is 0 Å². The van der Waals surface area contributed by atoms with Crippen LogP contribution in [0.25, 0.3) is 11.4 Å². The Morgan fingerprint density at radius 2 is 1.93 bits per heavy atom. The molecule has 0 saturated heterocycles. The van der Waals surface area contributed by atoms with E-state index in [0.29, 0.717) is 11.5 Å². The van der Waals surface area contributed by atoms with Crippen molar-refractivity contribution in [2.24, 2.45) is 7.05 Å². The van der Waals surface area contributed by atoms with E-state index in [1.165, 1.54) is 0 Å². The molecule has 5 nitrogen and oxygen atoms in total. The predicted octanol–water partition coefficient (Wildman–Crippen LogP) is 0.647. The van der Waals surface area contributed by atoms with Crippen LogP contribution in [0.3, 0.4) is 0 Å². The molecule has 1 heterocycles. The number of anilines is 2. The molecule has 0 unspecified atom stereocenters. The highest BCUT2D eigenvalue weighted by Gasteiger charge is 2.09. The molecule has 1 aromatic carbocycles. The Labute approximate surface area is 81.4 Å². The van der Waals surface area contributed by atoms with Gasteiger partial charge in [-0.1, -0.05) is 12.1 Å². The highest BCUT2D eigenvalue weighted by Crippen LogP contribution is 2.23. The minimum absolute atomic E-state index is 0.255. The summed E-state index contributed by atoms with van der Waals surface area (Å²) >= 11 is 0. The van der Waals surface area contributed by atoms with Crippen LogP contribution in [0.2, 0.25) is 0 Å². The summed E-state index contributed by atoms with van der Waals surface area (Å²) in [4.78, 5) is 4.09. The topological polar surface area (TPSA) is 82.8 Å². The lowest BCUT2D eigenvalue weighted by Gasteiger charge is -2.02. The van der Waals surface area contributed by atoms with Gasteiger partial charge in [0.15, 0.2) is 5.82 Å². The number of rotatable bonds is 1. The molecule has 0 fully saturated rings. The van der Waals surface area contributed by atoms with E-state index < -0.39 is 0 Å². The molecule has 1 aromatic heterocycles. The van der Waals surface area contributed by atoms with Crippen molar-refractivity contribution in [1.29, 1.82) is 0 Å². The van der Waals surface area contributed by atoms with Crippen LogP contribution < -0.4 is 11.5 Å². The number of aryl methyl sites for hydroxylation is 1. The third-order valence-corrected chi connectivity index (χ3v) is 1.98. The van der Waals surface area contributed by atoms with Gasteiger partial charge >= 0.3 is 0 Å². The summed E-state index contributed by atoms with van der Waals surface area (Å²) in [6.45, 7) is 0. The standard InChI is InChI=1S/C9H11N5/c1-14-8(12-9(11)13-14)6-4-2-3-5-7(6)10/h2-5H,10H2,1H3,(H2,11,13). The van der Waals surface area contributed by atoms with E-state index in [4.69, 9.17) is 11.5 Å². The summed E-state index contributed by atoms with van der Waals surface area (Å²) in [6.07, 6.45) is 0. The van der Waals surface area contributed by atoms with Gasteiger partial charge in [-0.05, 0) is 12.1 Å². The van der Waals surface area contributed by atoms with Gasteiger partial charge in [0.1, 0.15) is 0 Å². The lowest BCUT2D eigenvalue weighted by Crippen LogP contribution is -1.97. The number of aromatic nitrogens is 3. The van der Waals surface area contributed by atoms with Crippen molar-refractivity contribution < 1.29 is 0 Å². The van der Waals surface area contributed by atoms with Crippen LogP contribution in [-0.4, -0.2) is 14.8 Å². The summed E-state index contributed by atoms with van der Waals surface area (Å²) in [5.41, 5.74) is 12.8. The summed E-state index contributed by atoms with van der Waals surface area (Å²) in [7, 11) is 1.78. The van der Waals surface area contributed by atoms with Crippen molar-refractivity contribution in [2.75, 3.05) is 11.5 Å². The molecule has 0 amide bonds. The van der Waals surface area contributed by atoms with Crippen molar-refractivity contribution in [1.82, 2.24) is 14.8 Å². The second-order valence-corrected chi connectivity index (χ2v) is 3.00. The Hall–Kier alpha value is -2.04. The molecule has 0 saturated carbocycles. The first-order valence-corrected chi connectivity index (χ1v) is 4.20. The van der Waals surface area contributed by atoms with Gasteiger partial charge in [0, 0.05) is 18.3 Å². The zero-order valence-electron chi connectivity index (χ0n) is 7.81. The molecule has 2 rings (SSSR count). The van der Waals surface area contributed by atoms with E-state index >= 15 is 0 Å². The van der Waals surface area contributed by atoms with Gasteiger partial charge in [0.2, 0.25) is 5.95 Å². The number of nitrogens with two attached hydrogens (primary N) is 2. The molecule has 2 aromatic rings. The zero-order valence-corrected chi connectivity index (χ0v) is 7.81. The van der Waals surface area contributed by atoms with Crippen molar-refractivity contribution in [3.05, 3.63) is 24.3 Å². The molecule has 0 radical (unpaired) electrons. The number of nitrogen functional groups attached to an aromatic ring is 2. The summed E-state index contributed by atoms with van der Waals surface area (Å²) in [6, 6.07) is 7.48. The van der Waals surface area contributed by atoms with E-state index in [2.05, 4.69) is 10.1 Å². The third-order valence-electron chi connectivity index (χ3n) is 1.98. The number of hydrogen-bond acceptors (Lipinski definition) is 4. The van der Waals surface area contributed by atoms with Gasteiger partial charge in [-0.25, -0.2) is 4.68 Å². The monoisotopic (exact) mass is 189 g/mol. The van der Waals surface area contributed by atoms with Gasteiger partial charge in [0.05, 0.1) is 0 Å². The van der Waals surface area contributed by atoms with Gasteiger partial charge in [-0.2, -0.15) is 4.98 Å². The minimum Gasteiger partial charge on any atom is -0.398 e.